The Bertz CT molecular complexity index is 585. The van der Waals surface area contributed by atoms with Crippen molar-refractivity contribution in [1.82, 2.24) is 4.98 Å². The van der Waals surface area contributed by atoms with Crippen molar-refractivity contribution >= 4 is 11.3 Å². The fourth-order valence-corrected chi connectivity index (χ4v) is 2.85. The van der Waals surface area contributed by atoms with Crippen LogP contribution in [0.1, 0.15) is 30.3 Å². The van der Waals surface area contributed by atoms with Gasteiger partial charge in [-0.1, -0.05) is 13.8 Å². The smallest absolute Gasteiger partial charge is 0.194 e. The zero-order chi connectivity index (χ0) is 14.2. The number of hydrogen-bond donors (Lipinski definition) is 1. The molecule has 2 aromatic rings. The molecule has 0 fully saturated rings. The lowest BCUT2D eigenvalue weighted by atomic mass is 10.1. The van der Waals surface area contributed by atoms with E-state index in [0.717, 1.165) is 22.7 Å². The molecule has 0 radical (unpaired) electrons. The van der Waals surface area contributed by atoms with Crippen molar-refractivity contribution in [3.8, 4) is 10.6 Å². The molecular weight excluding hydrogens is 273 g/mol. The first-order chi connectivity index (χ1) is 8.93. The summed E-state index contributed by atoms with van der Waals surface area (Å²) in [7, 11) is 0. The summed E-state index contributed by atoms with van der Waals surface area (Å²) in [5.74, 6) is -3.74. The van der Waals surface area contributed by atoms with Gasteiger partial charge in [-0.05, 0) is 18.1 Å². The molecule has 2 nitrogen and oxygen atoms in total. The van der Waals surface area contributed by atoms with Crippen molar-refractivity contribution in [3.05, 3.63) is 40.2 Å². The van der Waals surface area contributed by atoms with Crippen LogP contribution in [0.5, 0.6) is 0 Å². The van der Waals surface area contributed by atoms with Gasteiger partial charge in [-0.3, -0.25) is 0 Å². The lowest BCUT2D eigenvalue weighted by Gasteiger charge is -2.02. The highest BCUT2D eigenvalue weighted by Gasteiger charge is 2.17. The Balaban J connectivity index is 2.53. The summed E-state index contributed by atoms with van der Waals surface area (Å²) >= 11 is 1.27. The lowest BCUT2D eigenvalue weighted by molar-refractivity contribution is 0.447. The van der Waals surface area contributed by atoms with Crippen LogP contribution in [-0.4, -0.2) is 4.98 Å². The molecule has 0 saturated carbocycles. The van der Waals surface area contributed by atoms with E-state index < -0.39 is 17.5 Å². The molecule has 0 aliphatic heterocycles. The summed E-state index contributed by atoms with van der Waals surface area (Å²) in [4.78, 5) is 5.22. The van der Waals surface area contributed by atoms with Gasteiger partial charge in [-0.25, -0.2) is 18.2 Å². The van der Waals surface area contributed by atoms with Gasteiger partial charge >= 0.3 is 0 Å². The summed E-state index contributed by atoms with van der Waals surface area (Å²) < 4.78 is 39.3. The minimum atomic E-state index is -1.47. The predicted molar refractivity (Wildman–Crippen MR) is 69.4 cm³/mol. The minimum Gasteiger partial charge on any atom is -0.326 e. The third-order valence-electron chi connectivity index (χ3n) is 2.69. The predicted octanol–water partition coefficient (Wildman–Crippen LogP) is 3.81. The Labute approximate surface area is 113 Å². The van der Waals surface area contributed by atoms with E-state index in [1.165, 1.54) is 11.3 Å². The van der Waals surface area contributed by atoms with Gasteiger partial charge in [-0.15, -0.1) is 11.3 Å². The van der Waals surface area contributed by atoms with Crippen LogP contribution in [0.25, 0.3) is 10.6 Å². The van der Waals surface area contributed by atoms with Crippen LogP contribution >= 0.6 is 11.3 Å². The van der Waals surface area contributed by atoms with E-state index in [2.05, 4.69) is 4.98 Å². The molecule has 1 aromatic carbocycles. The van der Waals surface area contributed by atoms with E-state index in [9.17, 15) is 13.2 Å². The zero-order valence-electron chi connectivity index (χ0n) is 10.5. The number of rotatable bonds is 3. The number of hydrogen-bond acceptors (Lipinski definition) is 3. The van der Waals surface area contributed by atoms with Gasteiger partial charge < -0.3 is 5.73 Å². The molecule has 1 heterocycles. The molecule has 0 unspecified atom stereocenters. The third kappa shape index (κ3) is 2.64. The average molecular weight is 286 g/mol. The quantitative estimate of drug-likeness (QED) is 0.871. The van der Waals surface area contributed by atoms with Gasteiger partial charge in [0.05, 0.1) is 5.69 Å². The van der Waals surface area contributed by atoms with Crippen molar-refractivity contribution in [3.63, 3.8) is 0 Å². The second-order valence-corrected chi connectivity index (χ2v) is 5.52. The molecule has 0 amide bonds. The largest absolute Gasteiger partial charge is 0.326 e. The molecule has 0 aliphatic rings. The van der Waals surface area contributed by atoms with Gasteiger partial charge in [-0.2, -0.15) is 0 Å². The number of nitrogens with two attached hydrogens (primary N) is 1. The number of benzene rings is 1. The molecule has 2 rings (SSSR count). The maximum absolute atomic E-state index is 13.2. The summed E-state index contributed by atoms with van der Waals surface area (Å²) in [5, 5.41) is 0.446. The summed E-state index contributed by atoms with van der Waals surface area (Å²) in [6, 6.07) is 1.89. The Kier molecular flexibility index (Phi) is 3.91. The summed E-state index contributed by atoms with van der Waals surface area (Å²) in [5.41, 5.74) is 6.66. The maximum atomic E-state index is 13.2. The highest BCUT2D eigenvalue weighted by atomic mass is 32.1. The number of nitrogens with zero attached hydrogens (tertiary/aromatic N) is 1. The van der Waals surface area contributed by atoms with E-state index in [-0.39, 0.29) is 11.5 Å². The molecular formula is C13H13F3N2S. The molecule has 0 bridgehead atoms. The van der Waals surface area contributed by atoms with E-state index in [0.29, 0.717) is 11.6 Å². The first-order valence-electron chi connectivity index (χ1n) is 5.78. The second-order valence-electron chi connectivity index (χ2n) is 4.44. The van der Waals surface area contributed by atoms with Gasteiger partial charge in [0.25, 0.3) is 0 Å². The molecule has 0 spiro atoms. The third-order valence-corrected chi connectivity index (χ3v) is 3.83. The van der Waals surface area contributed by atoms with Gasteiger partial charge in [0.15, 0.2) is 17.5 Å². The minimum absolute atomic E-state index is 0.165. The summed E-state index contributed by atoms with van der Waals surface area (Å²) in [6.07, 6.45) is 0. The molecule has 0 atom stereocenters. The Morgan fingerprint density at radius 1 is 1.21 bits per heavy atom. The van der Waals surface area contributed by atoms with Crippen LogP contribution in [0.15, 0.2) is 12.1 Å². The van der Waals surface area contributed by atoms with Crippen molar-refractivity contribution < 1.29 is 13.2 Å². The van der Waals surface area contributed by atoms with E-state index >= 15 is 0 Å². The van der Waals surface area contributed by atoms with Crippen molar-refractivity contribution in [2.45, 2.75) is 26.3 Å². The molecule has 0 aliphatic carbocycles. The number of halogens is 3. The standard InChI is InChI=1S/C13H13F3N2S/c1-6(2)12-10(5-17)19-13(18-12)7-3-8(14)11(16)9(15)4-7/h3-4,6H,5,17H2,1-2H3. The summed E-state index contributed by atoms with van der Waals surface area (Å²) in [6.45, 7) is 4.24. The Morgan fingerprint density at radius 3 is 2.21 bits per heavy atom. The monoisotopic (exact) mass is 286 g/mol. The zero-order valence-corrected chi connectivity index (χ0v) is 11.3. The van der Waals surface area contributed by atoms with Gasteiger partial charge in [0.1, 0.15) is 5.01 Å². The van der Waals surface area contributed by atoms with Crippen LogP contribution in [0.4, 0.5) is 13.2 Å². The SMILES string of the molecule is CC(C)c1nc(-c2cc(F)c(F)c(F)c2)sc1CN. The van der Waals surface area contributed by atoms with Crippen molar-refractivity contribution in [1.29, 1.82) is 0 Å². The first kappa shape index (κ1) is 14.0. The van der Waals surface area contributed by atoms with Crippen molar-refractivity contribution in [2.75, 3.05) is 0 Å². The van der Waals surface area contributed by atoms with Crippen molar-refractivity contribution in [2.24, 2.45) is 5.73 Å². The molecule has 2 N–H and O–H groups in total. The lowest BCUT2D eigenvalue weighted by Crippen LogP contribution is -1.99. The van der Waals surface area contributed by atoms with Crippen LogP contribution < -0.4 is 5.73 Å². The number of aromatic nitrogens is 1. The molecule has 102 valence electrons. The Morgan fingerprint density at radius 2 is 1.79 bits per heavy atom. The maximum Gasteiger partial charge on any atom is 0.194 e. The molecule has 6 heteroatoms. The van der Waals surface area contributed by atoms with Gasteiger partial charge in [0, 0.05) is 17.0 Å². The fraction of sp³-hybridized carbons (Fsp3) is 0.308. The molecule has 0 saturated heterocycles. The number of thiazole rings is 1. The normalized spacial score (nSPS) is 11.3. The highest BCUT2D eigenvalue weighted by molar-refractivity contribution is 7.15. The van der Waals surface area contributed by atoms with Crippen LogP contribution in [0.3, 0.4) is 0 Å². The van der Waals surface area contributed by atoms with Gasteiger partial charge in [0.2, 0.25) is 0 Å². The topological polar surface area (TPSA) is 38.9 Å². The average Bonchev–Trinajstić information content (AvgIpc) is 2.79. The fourth-order valence-electron chi connectivity index (χ4n) is 1.76. The first-order valence-corrected chi connectivity index (χ1v) is 6.60. The van der Waals surface area contributed by atoms with Crippen LogP contribution in [0, 0.1) is 17.5 Å². The van der Waals surface area contributed by atoms with E-state index in [1.54, 1.807) is 0 Å². The molecule has 1 aromatic heterocycles. The highest BCUT2D eigenvalue weighted by Crippen LogP contribution is 2.32. The van der Waals surface area contributed by atoms with E-state index in [1.807, 2.05) is 13.8 Å². The second kappa shape index (κ2) is 5.30. The van der Waals surface area contributed by atoms with E-state index in [4.69, 9.17) is 5.73 Å². The molecule has 19 heavy (non-hydrogen) atoms. The van der Waals surface area contributed by atoms with Crippen LogP contribution in [-0.2, 0) is 6.54 Å². The Hall–Kier alpha value is -1.40. The van der Waals surface area contributed by atoms with Crippen LogP contribution in [0.2, 0.25) is 0 Å².